The lowest BCUT2D eigenvalue weighted by Gasteiger charge is -2.29. The molecule has 27 heavy (non-hydrogen) atoms. The molecule has 0 saturated heterocycles. The van der Waals surface area contributed by atoms with Gasteiger partial charge in [-0.05, 0) is 31.2 Å². The summed E-state index contributed by atoms with van der Waals surface area (Å²) >= 11 is 0. The van der Waals surface area contributed by atoms with Crippen LogP contribution in [-0.2, 0) is 17.5 Å². The molecule has 1 heterocycles. The van der Waals surface area contributed by atoms with E-state index < -0.39 is 12.1 Å². The zero-order valence-electron chi connectivity index (χ0n) is 15.5. The summed E-state index contributed by atoms with van der Waals surface area (Å²) in [7, 11) is 0. The number of amides is 1. The molecule has 1 aliphatic carbocycles. The molecule has 3 atom stereocenters. The van der Waals surface area contributed by atoms with Crippen molar-refractivity contribution in [2.75, 3.05) is 0 Å². The van der Waals surface area contributed by atoms with Crippen LogP contribution in [0.2, 0.25) is 0 Å². The molecule has 1 fully saturated rings. The predicted molar refractivity (Wildman–Crippen MR) is 92.3 cm³/mol. The summed E-state index contributed by atoms with van der Waals surface area (Å²) in [6.07, 6.45) is -2.87. The summed E-state index contributed by atoms with van der Waals surface area (Å²) in [5, 5.41) is 3.38. The van der Waals surface area contributed by atoms with Gasteiger partial charge in [-0.25, -0.2) is 0 Å². The first kappa shape index (κ1) is 19.4. The Morgan fingerprint density at radius 2 is 1.96 bits per heavy atom. The second-order valence-electron chi connectivity index (χ2n) is 7.16. The highest BCUT2D eigenvalue weighted by molar-refractivity contribution is 5.81. The number of carbonyl (C=O) groups excluding carboxylic acids is 1. The van der Waals surface area contributed by atoms with Crippen LogP contribution in [0.1, 0.15) is 45.1 Å². The van der Waals surface area contributed by atoms with Crippen LogP contribution in [0.15, 0.2) is 28.8 Å². The van der Waals surface area contributed by atoms with Gasteiger partial charge in [0.1, 0.15) is 0 Å². The van der Waals surface area contributed by atoms with E-state index in [1.807, 2.05) is 18.7 Å². The molecule has 8 heteroatoms. The monoisotopic (exact) mass is 381 g/mol. The van der Waals surface area contributed by atoms with Gasteiger partial charge in [0.05, 0.1) is 0 Å². The Hall–Kier alpha value is -2.38. The lowest BCUT2D eigenvalue weighted by molar-refractivity contribution is -0.159. The molecule has 1 aromatic heterocycles. The van der Waals surface area contributed by atoms with Gasteiger partial charge in [-0.2, -0.15) is 18.2 Å². The van der Waals surface area contributed by atoms with Crippen molar-refractivity contribution in [2.45, 2.75) is 52.4 Å². The minimum Gasteiger partial charge on any atom is -0.335 e. The van der Waals surface area contributed by atoms with Crippen LogP contribution in [0, 0.1) is 11.8 Å². The average molecular weight is 381 g/mol. The van der Waals surface area contributed by atoms with Gasteiger partial charge in [0, 0.05) is 24.1 Å². The van der Waals surface area contributed by atoms with Gasteiger partial charge < -0.3 is 9.42 Å². The van der Waals surface area contributed by atoms with Gasteiger partial charge in [-0.1, -0.05) is 43.3 Å². The maximum atomic E-state index is 12.7. The Bertz CT molecular complexity index is 801. The number of hydrogen-bond acceptors (Lipinski definition) is 4. The Morgan fingerprint density at radius 1 is 1.33 bits per heavy atom. The summed E-state index contributed by atoms with van der Waals surface area (Å²) in [4.78, 5) is 18.0. The van der Waals surface area contributed by atoms with Crippen molar-refractivity contribution < 1.29 is 22.5 Å². The number of rotatable bonds is 6. The molecule has 1 amide bonds. The third kappa shape index (κ3) is 4.31. The second-order valence-corrected chi connectivity index (χ2v) is 7.16. The molecule has 1 aliphatic rings. The maximum Gasteiger partial charge on any atom is 0.471 e. The van der Waals surface area contributed by atoms with Crippen LogP contribution in [-0.4, -0.2) is 27.0 Å². The fourth-order valence-electron chi connectivity index (χ4n) is 2.96. The summed E-state index contributed by atoms with van der Waals surface area (Å²) in [6, 6.07) is 6.95. The van der Waals surface area contributed by atoms with Gasteiger partial charge in [-0.3, -0.25) is 4.79 Å². The van der Waals surface area contributed by atoms with Crippen molar-refractivity contribution in [3.8, 4) is 11.4 Å². The first-order chi connectivity index (χ1) is 12.7. The van der Waals surface area contributed by atoms with E-state index in [2.05, 4.69) is 21.6 Å². The predicted octanol–water partition coefficient (Wildman–Crippen LogP) is 4.54. The van der Waals surface area contributed by atoms with E-state index in [-0.39, 0.29) is 23.7 Å². The van der Waals surface area contributed by atoms with Crippen LogP contribution in [0.3, 0.4) is 0 Å². The highest BCUT2D eigenvalue weighted by Gasteiger charge is 2.42. The summed E-state index contributed by atoms with van der Waals surface area (Å²) in [6.45, 7) is 6.61. The van der Waals surface area contributed by atoms with Gasteiger partial charge in [-0.15, -0.1) is 0 Å². The number of nitrogens with zero attached hydrogens (tertiary/aromatic N) is 3. The molecule has 0 N–H and O–H groups in total. The quantitative estimate of drug-likeness (QED) is 0.737. The van der Waals surface area contributed by atoms with Crippen molar-refractivity contribution in [1.82, 2.24) is 15.0 Å². The van der Waals surface area contributed by atoms with Gasteiger partial charge in [0.25, 0.3) is 0 Å². The molecule has 0 bridgehead atoms. The first-order valence-corrected chi connectivity index (χ1v) is 9.01. The Balaban J connectivity index is 1.74. The molecule has 2 aromatic rings. The molecule has 146 valence electrons. The number of aromatic nitrogens is 2. The summed E-state index contributed by atoms with van der Waals surface area (Å²) in [5.74, 6) is -0.760. The fourth-order valence-corrected chi connectivity index (χ4v) is 2.96. The van der Waals surface area contributed by atoms with Crippen LogP contribution < -0.4 is 0 Å². The van der Waals surface area contributed by atoms with Gasteiger partial charge in [0.2, 0.25) is 11.7 Å². The highest BCUT2D eigenvalue weighted by atomic mass is 19.4. The normalized spacial score (nSPS) is 20.4. The number of alkyl halides is 3. The van der Waals surface area contributed by atoms with Crippen molar-refractivity contribution in [3.05, 3.63) is 35.7 Å². The molecule has 0 radical (unpaired) electrons. The van der Waals surface area contributed by atoms with Crippen LogP contribution in [0.25, 0.3) is 11.4 Å². The first-order valence-electron chi connectivity index (χ1n) is 9.01. The molecule has 0 spiro atoms. The van der Waals surface area contributed by atoms with Gasteiger partial charge in [0.15, 0.2) is 0 Å². The topological polar surface area (TPSA) is 59.2 Å². The van der Waals surface area contributed by atoms with E-state index >= 15 is 0 Å². The summed E-state index contributed by atoms with van der Waals surface area (Å²) < 4.78 is 42.0. The van der Waals surface area contributed by atoms with Crippen LogP contribution in [0.4, 0.5) is 13.2 Å². The molecular formula is C19H22F3N3O2. The van der Waals surface area contributed by atoms with E-state index in [9.17, 15) is 18.0 Å². The molecule has 3 unspecified atom stereocenters. The van der Waals surface area contributed by atoms with E-state index in [1.54, 1.807) is 24.3 Å². The molecule has 5 nitrogen and oxygen atoms in total. The van der Waals surface area contributed by atoms with E-state index in [0.29, 0.717) is 18.0 Å². The maximum absolute atomic E-state index is 12.7. The smallest absolute Gasteiger partial charge is 0.335 e. The third-order valence-corrected chi connectivity index (χ3v) is 5.07. The van der Waals surface area contributed by atoms with Crippen molar-refractivity contribution in [3.63, 3.8) is 0 Å². The van der Waals surface area contributed by atoms with Crippen molar-refractivity contribution in [2.24, 2.45) is 11.8 Å². The van der Waals surface area contributed by atoms with Crippen molar-refractivity contribution in [1.29, 1.82) is 0 Å². The average Bonchev–Trinajstić information content (AvgIpc) is 3.15. The zero-order chi connectivity index (χ0) is 19.8. The van der Waals surface area contributed by atoms with Crippen LogP contribution in [0.5, 0.6) is 0 Å². The Morgan fingerprint density at radius 3 is 2.44 bits per heavy atom. The standard InChI is InChI=1S/C19H22F3N3O2/c1-4-12(3)25(17(26)15-9-11(15)2)10-13-5-7-14(8-6-13)16-23-18(27-24-16)19(20,21)22/h5-8,11-12,15H,4,9-10H2,1-3H3. The van der Waals surface area contributed by atoms with E-state index in [4.69, 9.17) is 0 Å². The third-order valence-electron chi connectivity index (χ3n) is 5.07. The minimum absolute atomic E-state index is 0.110. The lowest BCUT2D eigenvalue weighted by atomic mass is 10.1. The molecule has 3 rings (SSSR count). The Kier molecular flexibility index (Phi) is 5.26. The molecule has 1 aromatic carbocycles. The minimum atomic E-state index is -4.66. The number of carbonyl (C=O) groups is 1. The largest absolute Gasteiger partial charge is 0.471 e. The zero-order valence-corrected chi connectivity index (χ0v) is 15.5. The Labute approximate surface area is 155 Å². The van der Waals surface area contributed by atoms with Crippen molar-refractivity contribution >= 4 is 5.91 Å². The lowest BCUT2D eigenvalue weighted by Crippen LogP contribution is -2.39. The molecular weight excluding hydrogens is 359 g/mol. The highest BCUT2D eigenvalue weighted by Crippen LogP contribution is 2.40. The molecule has 0 aliphatic heterocycles. The second kappa shape index (κ2) is 7.32. The number of benzene rings is 1. The molecule has 1 saturated carbocycles. The SMILES string of the molecule is CCC(C)N(Cc1ccc(-c2noc(C(F)(F)F)n2)cc1)C(=O)C1CC1C. The van der Waals surface area contributed by atoms with E-state index in [1.165, 1.54) is 0 Å². The number of halogens is 3. The number of hydrogen-bond donors (Lipinski definition) is 0. The fraction of sp³-hybridized carbons (Fsp3) is 0.526. The van der Waals surface area contributed by atoms with Crippen LogP contribution >= 0.6 is 0 Å². The van der Waals surface area contributed by atoms with E-state index in [0.717, 1.165) is 18.4 Å². The summed E-state index contributed by atoms with van der Waals surface area (Å²) in [5.41, 5.74) is 1.33. The van der Waals surface area contributed by atoms with Gasteiger partial charge >= 0.3 is 12.1 Å².